The molecule has 7 unspecified atom stereocenters. The molecule has 6 N–H and O–H groups in total. The van der Waals surface area contributed by atoms with Crippen molar-refractivity contribution in [3.8, 4) is 0 Å². The minimum Gasteiger partial charge on any atom is -0.394 e. The molecule has 1 saturated heterocycles. The van der Waals surface area contributed by atoms with Crippen LogP contribution in [0.5, 0.6) is 0 Å². The van der Waals surface area contributed by atoms with Gasteiger partial charge < -0.3 is 40.3 Å². The minimum atomic E-state index is -1.56. The first kappa shape index (κ1) is 58.2. The van der Waals surface area contributed by atoms with Gasteiger partial charge in [0.15, 0.2) is 6.29 Å². The van der Waals surface area contributed by atoms with Crippen LogP contribution in [-0.2, 0) is 14.3 Å². The fraction of sp³-hybridized carbons (Fsp3) is 0.830. The van der Waals surface area contributed by atoms with Crippen LogP contribution in [-0.4, -0.2) is 87.5 Å². The molecular weight excluding hydrogens is 779 g/mol. The molecule has 362 valence electrons. The molecule has 0 spiro atoms. The number of nitrogens with one attached hydrogen (secondary N) is 1. The molecule has 1 amide bonds. The Morgan fingerprint density at radius 2 is 1.00 bits per heavy atom. The van der Waals surface area contributed by atoms with Crippen LogP contribution >= 0.6 is 0 Å². The highest BCUT2D eigenvalue weighted by Gasteiger charge is 2.44. The predicted octanol–water partition coefficient (Wildman–Crippen LogP) is 11.8. The Bertz CT molecular complexity index is 1110. The molecule has 1 heterocycles. The van der Waals surface area contributed by atoms with Crippen LogP contribution in [0, 0.1) is 0 Å². The highest BCUT2D eigenvalue weighted by atomic mass is 16.7. The summed E-state index contributed by atoms with van der Waals surface area (Å²) in [6.07, 6.45) is 48.3. The van der Waals surface area contributed by atoms with Gasteiger partial charge in [0.2, 0.25) is 5.91 Å². The van der Waals surface area contributed by atoms with Crippen LogP contribution in [0.4, 0.5) is 0 Å². The van der Waals surface area contributed by atoms with Gasteiger partial charge in [0.05, 0.1) is 25.4 Å². The van der Waals surface area contributed by atoms with E-state index in [1.54, 1.807) is 0 Å². The van der Waals surface area contributed by atoms with Crippen molar-refractivity contribution in [2.45, 2.75) is 269 Å². The number of allylic oxidation sites excluding steroid dienone is 8. The summed E-state index contributed by atoms with van der Waals surface area (Å²) in [5.74, 6) is -0.158. The lowest BCUT2D eigenvalue weighted by atomic mass is 9.99. The maximum absolute atomic E-state index is 13.0. The van der Waals surface area contributed by atoms with Crippen molar-refractivity contribution in [3.05, 3.63) is 48.6 Å². The van der Waals surface area contributed by atoms with E-state index >= 15 is 0 Å². The van der Waals surface area contributed by atoms with Crippen LogP contribution in [0.3, 0.4) is 0 Å². The van der Waals surface area contributed by atoms with Gasteiger partial charge in [0, 0.05) is 6.42 Å². The van der Waals surface area contributed by atoms with Crippen molar-refractivity contribution in [2.75, 3.05) is 13.2 Å². The first-order valence-electron chi connectivity index (χ1n) is 25.8. The first-order chi connectivity index (χ1) is 30.3. The van der Waals surface area contributed by atoms with E-state index in [-0.39, 0.29) is 12.5 Å². The highest BCUT2D eigenvalue weighted by Crippen LogP contribution is 2.23. The molecule has 0 saturated carbocycles. The Kier molecular flexibility index (Phi) is 40.4. The largest absolute Gasteiger partial charge is 0.394 e. The zero-order valence-corrected chi connectivity index (χ0v) is 39.9. The summed E-state index contributed by atoms with van der Waals surface area (Å²) in [6.45, 7) is 3.73. The van der Waals surface area contributed by atoms with Gasteiger partial charge in [-0.3, -0.25) is 4.79 Å². The van der Waals surface area contributed by atoms with Crippen LogP contribution in [0.15, 0.2) is 48.6 Å². The maximum Gasteiger partial charge on any atom is 0.220 e. The molecule has 1 aliphatic rings. The van der Waals surface area contributed by atoms with Crippen LogP contribution in [0.2, 0.25) is 0 Å². The van der Waals surface area contributed by atoms with Crippen molar-refractivity contribution >= 4 is 5.91 Å². The summed E-state index contributed by atoms with van der Waals surface area (Å²) in [7, 11) is 0. The van der Waals surface area contributed by atoms with E-state index in [0.29, 0.717) is 12.8 Å². The summed E-state index contributed by atoms with van der Waals surface area (Å²) >= 11 is 0. The standard InChI is InChI=1S/C53H97NO8/c1-3-5-7-9-11-13-15-17-19-21-23-25-26-28-30-32-34-36-38-40-42-47(56)46(45-61-53-52(60)51(59)50(58)48(44-55)62-53)54-49(57)43-41-39-37-35-33-31-29-27-24-22-20-18-16-14-12-10-8-6-4-2/h6,8,12,14,18,20,24,27,46-48,50-53,55-56,58-60H,3-5,7,9-11,13,15-17,19,21-23,25-26,28-45H2,1-2H3,(H,54,57)/b8-6-,14-12-,20-18-,27-24-. The fourth-order valence-electron chi connectivity index (χ4n) is 8.09. The average molecular weight is 876 g/mol. The van der Waals surface area contributed by atoms with E-state index in [1.807, 2.05) is 0 Å². The van der Waals surface area contributed by atoms with E-state index in [2.05, 4.69) is 67.8 Å². The van der Waals surface area contributed by atoms with Crippen LogP contribution in [0.1, 0.15) is 226 Å². The lowest BCUT2D eigenvalue weighted by molar-refractivity contribution is -0.302. The Morgan fingerprint density at radius 1 is 0.565 bits per heavy atom. The number of hydrogen-bond acceptors (Lipinski definition) is 8. The van der Waals surface area contributed by atoms with Gasteiger partial charge in [-0.1, -0.05) is 217 Å². The Morgan fingerprint density at radius 3 is 1.48 bits per heavy atom. The molecule has 1 rings (SSSR count). The second-order valence-corrected chi connectivity index (χ2v) is 17.9. The molecule has 9 heteroatoms. The quantitative estimate of drug-likeness (QED) is 0.0262. The number of amides is 1. The van der Waals surface area contributed by atoms with Crippen molar-refractivity contribution in [1.82, 2.24) is 5.32 Å². The van der Waals surface area contributed by atoms with E-state index in [1.165, 1.54) is 122 Å². The highest BCUT2D eigenvalue weighted by molar-refractivity contribution is 5.76. The van der Waals surface area contributed by atoms with Crippen molar-refractivity contribution < 1.29 is 39.8 Å². The van der Waals surface area contributed by atoms with Gasteiger partial charge in [-0.05, 0) is 51.4 Å². The summed E-state index contributed by atoms with van der Waals surface area (Å²) < 4.78 is 11.3. The molecule has 0 aromatic carbocycles. The van der Waals surface area contributed by atoms with E-state index < -0.39 is 49.5 Å². The molecule has 0 aromatic heterocycles. The third-order valence-corrected chi connectivity index (χ3v) is 12.2. The number of aliphatic hydroxyl groups excluding tert-OH is 5. The van der Waals surface area contributed by atoms with Crippen molar-refractivity contribution in [1.29, 1.82) is 0 Å². The van der Waals surface area contributed by atoms with Crippen LogP contribution < -0.4 is 5.32 Å². The number of carbonyl (C=O) groups excluding carboxylic acids is 1. The molecule has 0 radical (unpaired) electrons. The number of unbranched alkanes of at least 4 members (excludes halogenated alkanes) is 25. The van der Waals surface area contributed by atoms with Crippen LogP contribution in [0.25, 0.3) is 0 Å². The maximum atomic E-state index is 13.0. The molecule has 7 atom stereocenters. The van der Waals surface area contributed by atoms with E-state index in [9.17, 15) is 30.3 Å². The number of hydrogen-bond donors (Lipinski definition) is 6. The molecule has 1 aliphatic heterocycles. The van der Waals surface area contributed by atoms with E-state index in [0.717, 1.165) is 77.0 Å². The van der Waals surface area contributed by atoms with Gasteiger partial charge in [-0.25, -0.2) is 0 Å². The molecule has 0 aliphatic carbocycles. The molecule has 1 fully saturated rings. The topological polar surface area (TPSA) is 149 Å². The summed E-state index contributed by atoms with van der Waals surface area (Å²) in [5.41, 5.74) is 0. The Balaban J connectivity index is 2.28. The zero-order valence-electron chi connectivity index (χ0n) is 39.9. The molecular formula is C53H97NO8. The first-order valence-corrected chi connectivity index (χ1v) is 25.8. The smallest absolute Gasteiger partial charge is 0.220 e. The molecule has 0 bridgehead atoms. The second-order valence-electron chi connectivity index (χ2n) is 17.9. The van der Waals surface area contributed by atoms with Gasteiger partial charge >= 0.3 is 0 Å². The van der Waals surface area contributed by atoms with Gasteiger partial charge in [0.1, 0.15) is 24.4 Å². The molecule has 9 nitrogen and oxygen atoms in total. The molecule has 62 heavy (non-hydrogen) atoms. The average Bonchev–Trinajstić information content (AvgIpc) is 3.27. The summed E-state index contributed by atoms with van der Waals surface area (Å²) in [4.78, 5) is 13.0. The predicted molar refractivity (Wildman–Crippen MR) is 258 cm³/mol. The summed E-state index contributed by atoms with van der Waals surface area (Å²) in [5, 5.41) is 54.5. The lowest BCUT2D eigenvalue weighted by Crippen LogP contribution is -2.60. The van der Waals surface area contributed by atoms with Crippen molar-refractivity contribution in [2.24, 2.45) is 0 Å². The third-order valence-electron chi connectivity index (χ3n) is 12.2. The number of carbonyl (C=O) groups is 1. The number of ether oxygens (including phenoxy) is 2. The normalized spacial score (nSPS) is 20.7. The number of aliphatic hydroxyl groups is 5. The summed E-state index contributed by atoms with van der Waals surface area (Å²) in [6, 6.07) is -0.728. The molecule has 0 aromatic rings. The Labute approximate surface area is 380 Å². The van der Waals surface area contributed by atoms with Gasteiger partial charge in [0.25, 0.3) is 0 Å². The van der Waals surface area contributed by atoms with Crippen molar-refractivity contribution in [3.63, 3.8) is 0 Å². The zero-order chi connectivity index (χ0) is 45.1. The monoisotopic (exact) mass is 876 g/mol. The third kappa shape index (κ3) is 32.8. The Hall–Kier alpha value is -1.85. The minimum absolute atomic E-state index is 0.145. The fourth-order valence-corrected chi connectivity index (χ4v) is 8.09. The lowest BCUT2D eigenvalue weighted by Gasteiger charge is -2.40. The van der Waals surface area contributed by atoms with E-state index in [4.69, 9.17) is 9.47 Å². The SMILES string of the molecule is CC/C=C\C/C=C\C/C=C\C/C=C\CCCCCCCCC(=O)NC(COC1OC(CO)C(O)C(O)C1O)C(O)CCCCCCCCCCCCCCCCCCCCCC. The second kappa shape index (κ2) is 43.1. The van der Waals surface area contributed by atoms with Gasteiger partial charge in [-0.15, -0.1) is 0 Å². The van der Waals surface area contributed by atoms with Gasteiger partial charge in [-0.2, -0.15) is 0 Å². The number of rotatable bonds is 43.